The van der Waals surface area contributed by atoms with Crippen LogP contribution < -0.4 is 9.47 Å². The molecule has 0 spiro atoms. The maximum Gasteiger partial charge on any atom is 0.231 e. The van der Waals surface area contributed by atoms with Crippen LogP contribution in [0.3, 0.4) is 0 Å². The Hall–Kier alpha value is -0.490. The Morgan fingerprint density at radius 1 is 1.38 bits per heavy atom. The van der Waals surface area contributed by atoms with Crippen molar-refractivity contribution in [3.63, 3.8) is 0 Å². The highest BCUT2D eigenvalue weighted by Gasteiger charge is 2.17. The maximum atomic E-state index is 9.43. The van der Waals surface area contributed by atoms with Gasteiger partial charge in [0.25, 0.3) is 0 Å². The quantitative estimate of drug-likeness (QED) is 0.805. The topological polar surface area (TPSA) is 38.7 Å². The number of rotatable bonds is 1. The zero-order chi connectivity index (χ0) is 9.42. The van der Waals surface area contributed by atoms with Crippen molar-refractivity contribution in [1.29, 1.82) is 0 Å². The van der Waals surface area contributed by atoms with Gasteiger partial charge in [-0.25, -0.2) is 0 Å². The molecule has 1 aliphatic heterocycles. The second-order valence-electron chi connectivity index (χ2n) is 2.90. The maximum absolute atomic E-state index is 9.43. The molecule has 0 fully saturated rings. The molecule has 1 N–H and O–H groups in total. The molecule has 0 saturated heterocycles. The molecule has 1 atom stereocenters. The molecule has 0 radical (unpaired) electrons. The summed E-state index contributed by atoms with van der Waals surface area (Å²) in [6.07, 6.45) is -0.471. The molecule has 0 aliphatic carbocycles. The van der Waals surface area contributed by atoms with E-state index in [1.165, 1.54) is 0 Å². The summed E-state index contributed by atoms with van der Waals surface area (Å²) in [4.78, 5) is 0. The van der Waals surface area contributed by atoms with E-state index in [1.807, 2.05) is 12.1 Å². The van der Waals surface area contributed by atoms with E-state index in [0.29, 0.717) is 0 Å². The number of hydrogen-bond acceptors (Lipinski definition) is 3. The van der Waals surface area contributed by atoms with Gasteiger partial charge in [-0.15, -0.1) is 0 Å². The lowest BCUT2D eigenvalue weighted by Crippen LogP contribution is -1.94. The first-order valence-corrected chi connectivity index (χ1v) is 5.03. The van der Waals surface area contributed by atoms with Gasteiger partial charge in [-0.05, 0) is 47.2 Å². The van der Waals surface area contributed by atoms with Crippen molar-refractivity contribution in [2.45, 2.75) is 13.0 Å². The normalized spacial score (nSPS) is 15.9. The standard InChI is InChI=1S/C9H9IO3/c1-5(11)6-2-8-9(3-7(6)10)13-4-12-8/h2-3,5,11H,4H2,1H3/t5-/m0/s1. The monoisotopic (exact) mass is 292 g/mol. The van der Waals surface area contributed by atoms with E-state index in [4.69, 9.17) is 9.47 Å². The van der Waals surface area contributed by atoms with Crippen LogP contribution in [0.15, 0.2) is 12.1 Å². The van der Waals surface area contributed by atoms with Gasteiger partial charge in [-0.2, -0.15) is 0 Å². The van der Waals surface area contributed by atoms with E-state index >= 15 is 0 Å². The Balaban J connectivity index is 2.49. The number of ether oxygens (including phenoxy) is 2. The smallest absolute Gasteiger partial charge is 0.231 e. The van der Waals surface area contributed by atoms with E-state index in [-0.39, 0.29) is 6.79 Å². The summed E-state index contributed by atoms with van der Waals surface area (Å²) in [6, 6.07) is 3.71. The average Bonchev–Trinajstić information content (AvgIpc) is 2.48. The van der Waals surface area contributed by atoms with Crippen molar-refractivity contribution >= 4 is 22.6 Å². The molecular weight excluding hydrogens is 283 g/mol. The Morgan fingerprint density at radius 3 is 2.62 bits per heavy atom. The molecular formula is C9H9IO3. The zero-order valence-electron chi connectivity index (χ0n) is 7.08. The second-order valence-corrected chi connectivity index (χ2v) is 4.07. The molecule has 0 unspecified atom stereocenters. The molecule has 0 amide bonds. The molecule has 13 heavy (non-hydrogen) atoms. The van der Waals surface area contributed by atoms with Crippen molar-refractivity contribution in [2.24, 2.45) is 0 Å². The summed E-state index contributed by atoms with van der Waals surface area (Å²) in [5.41, 5.74) is 0.879. The van der Waals surface area contributed by atoms with Crippen LogP contribution >= 0.6 is 22.6 Å². The minimum atomic E-state index is -0.471. The summed E-state index contributed by atoms with van der Waals surface area (Å²) < 4.78 is 11.4. The van der Waals surface area contributed by atoms with Crippen LogP contribution in [0.2, 0.25) is 0 Å². The fourth-order valence-electron chi connectivity index (χ4n) is 1.25. The SMILES string of the molecule is C[C@H](O)c1cc2c(cc1I)OCO2. The molecule has 3 nitrogen and oxygen atoms in total. The van der Waals surface area contributed by atoms with Gasteiger partial charge in [0.1, 0.15) is 0 Å². The zero-order valence-corrected chi connectivity index (χ0v) is 9.24. The van der Waals surface area contributed by atoms with Crippen LogP contribution in [0.5, 0.6) is 11.5 Å². The minimum Gasteiger partial charge on any atom is -0.454 e. The van der Waals surface area contributed by atoms with E-state index in [9.17, 15) is 5.11 Å². The summed E-state index contributed by atoms with van der Waals surface area (Å²) in [5.74, 6) is 1.48. The predicted molar refractivity (Wildman–Crippen MR) is 55.9 cm³/mol. The third-order valence-corrected chi connectivity index (χ3v) is 2.88. The van der Waals surface area contributed by atoms with Crippen LogP contribution in [-0.2, 0) is 0 Å². The highest BCUT2D eigenvalue weighted by molar-refractivity contribution is 14.1. The number of aliphatic hydroxyl groups is 1. The molecule has 4 heteroatoms. The summed E-state index contributed by atoms with van der Waals surface area (Å²) in [5, 5.41) is 9.43. The molecule has 0 saturated carbocycles. The van der Waals surface area contributed by atoms with Crippen molar-refractivity contribution < 1.29 is 14.6 Å². The molecule has 70 valence electrons. The Morgan fingerprint density at radius 2 is 2.00 bits per heavy atom. The summed E-state index contributed by atoms with van der Waals surface area (Å²) in [7, 11) is 0. The summed E-state index contributed by atoms with van der Waals surface area (Å²) >= 11 is 2.17. The predicted octanol–water partition coefficient (Wildman–Crippen LogP) is 2.07. The van der Waals surface area contributed by atoms with Crippen LogP contribution in [0, 0.1) is 3.57 Å². The third-order valence-electron chi connectivity index (χ3n) is 1.94. The van der Waals surface area contributed by atoms with E-state index < -0.39 is 6.10 Å². The van der Waals surface area contributed by atoms with Gasteiger partial charge in [0, 0.05) is 3.57 Å². The molecule has 1 aromatic carbocycles. The number of fused-ring (bicyclic) bond motifs is 1. The highest BCUT2D eigenvalue weighted by atomic mass is 127. The first-order valence-electron chi connectivity index (χ1n) is 3.95. The minimum absolute atomic E-state index is 0.272. The van der Waals surface area contributed by atoms with Crippen molar-refractivity contribution in [3.05, 3.63) is 21.3 Å². The molecule has 1 aliphatic rings. The van der Waals surface area contributed by atoms with E-state index in [0.717, 1.165) is 20.6 Å². The Labute approximate surface area is 89.8 Å². The van der Waals surface area contributed by atoms with Gasteiger partial charge in [-0.3, -0.25) is 0 Å². The lowest BCUT2D eigenvalue weighted by Gasteiger charge is -2.08. The lowest BCUT2D eigenvalue weighted by atomic mass is 10.1. The van der Waals surface area contributed by atoms with Crippen LogP contribution in [0.4, 0.5) is 0 Å². The first kappa shape index (κ1) is 9.08. The van der Waals surface area contributed by atoms with Crippen molar-refractivity contribution in [1.82, 2.24) is 0 Å². The fraction of sp³-hybridized carbons (Fsp3) is 0.333. The second kappa shape index (κ2) is 3.34. The number of benzene rings is 1. The van der Waals surface area contributed by atoms with E-state index in [2.05, 4.69) is 22.6 Å². The molecule has 0 aromatic heterocycles. The van der Waals surface area contributed by atoms with Gasteiger partial charge < -0.3 is 14.6 Å². The van der Waals surface area contributed by atoms with Crippen LogP contribution in [0.1, 0.15) is 18.6 Å². The Bertz CT molecular complexity index is 336. The molecule has 2 rings (SSSR count). The lowest BCUT2D eigenvalue weighted by molar-refractivity contribution is 0.173. The van der Waals surface area contributed by atoms with E-state index in [1.54, 1.807) is 6.92 Å². The molecule has 1 heterocycles. The first-order chi connectivity index (χ1) is 6.18. The Kier molecular flexibility index (Phi) is 2.33. The number of hydrogen-bond donors (Lipinski definition) is 1. The molecule has 0 bridgehead atoms. The number of halogens is 1. The van der Waals surface area contributed by atoms with Crippen LogP contribution in [-0.4, -0.2) is 11.9 Å². The van der Waals surface area contributed by atoms with Gasteiger partial charge >= 0.3 is 0 Å². The summed E-state index contributed by atoms with van der Waals surface area (Å²) in [6.45, 7) is 2.01. The number of aliphatic hydroxyl groups excluding tert-OH is 1. The van der Waals surface area contributed by atoms with Crippen molar-refractivity contribution in [2.75, 3.05) is 6.79 Å². The van der Waals surface area contributed by atoms with Gasteiger partial charge in [0.2, 0.25) is 6.79 Å². The van der Waals surface area contributed by atoms with Gasteiger partial charge in [-0.1, -0.05) is 0 Å². The van der Waals surface area contributed by atoms with Gasteiger partial charge in [0.05, 0.1) is 6.10 Å². The highest BCUT2D eigenvalue weighted by Crippen LogP contribution is 2.37. The fourth-order valence-corrected chi connectivity index (χ4v) is 2.14. The van der Waals surface area contributed by atoms with Crippen molar-refractivity contribution in [3.8, 4) is 11.5 Å². The van der Waals surface area contributed by atoms with Crippen LogP contribution in [0.25, 0.3) is 0 Å². The largest absolute Gasteiger partial charge is 0.454 e. The molecule has 1 aromatic rings. The third kappa shape index (κ3) is 1.60. The average molecular weight is 292 g/mol. The van der Waals surface area contributed by atoms with Gasteiger partial charge in [0.15, 0.2) is 11.5 Å².